The molecule has 2 rings (SSSR count). The van der Waals surface area contributed by atoms with E-state index in [2.05, 4.69) is 31.9 Å². The molecular formula is C16H21ClN2O. The molecule has 0 amide bonds. The number of para-hydroxylation sites is 1. The normalized spacial score (nSPS) is 11.7. The second-order valence-electron chi connectivity index (χ2n) is 6.01. The van der Waals surface area contributed by atoms with Crippen molar-refractivity contribution in [2.24, 2.45) is 7.05 Å². The van der Waals surface area contributed by atoms with Crippen LogP contribution < -0.4 is 4.74 Å². The van der Waals surface area contributed by atoms with Gasteiger partial charge >= 0.3 is 0 Å². The molecule has 0 aliphatic carbocycles. The monoisotopic (exact) mass is 292 g/mol. The predicted octanol–water partition coefficient (Wildman–Crippen LogP) is 4.26. The van der Waals surface area contributed by atoms with Crippen molar-refractivity contribution in [3.63, 3.8) is 0 Å². The molecule has 3 nitrogen and oxygen atoms in total. The lowest BCUT2D eigenvalue weighted by Gasteiger charge is -2.22. The Morgan fingerprint density at radius 3 is 2.45 bits per heavy atom. The third-order valence-electron chi connectivity index (χ3n) is 3.34. The van der Waals surface area contributed by atoms with Gasteiger partial charge in [0.1, 0.15) is 17.5 Å². The van der Waals surface area contributed by atoms with Gasteiger partial charge in [-0.3, -0.25) is 4.68 Å². The fourth-order valence-electron chi connectivity index (χ4n) is 2.20. The Hall–Kier alpha value is -1.48. The summed E-state index contributed by atoms with van der Waals surface area (Å²) in [6.07, 6.45) is 0. The zero-order valence-electron chi connectivity index (χ0n) is 12.7. The van der Waals surface area contributed by atoms with Crippen LogP contribution in [0.15, 0.2) is 24.3 Å². The van der Waals surface area contributed by atoms with Crippen molar-refractivity contribution in [3.8, 4) is 5.75 Å². The van der Waals surface area contributed by atoms with Crippen LogP contribution in [0.1, 0.15) is 37.6 Å². The molecule has 1 aromatic carbocycles. The minimum Gasteiger partial charge on any atom is -0.488 e. The summed E-state index contributed by atoms with van der Waals surface area (Å²) in [6.45, 7) is 8.91. The van der Waals surface area contributed by atoms with Crippen LogP contribution in [0.25, 0.3) is 0 Å². The molecule has 108 valence electrons. The third kappa shape index (κ3) is 2.98. The van der Waals surface area contributed by atoms with Gasteiger partial charge in [0, 0.05) is 12.6 Å². The zero-order valence-corrected chi connectivity index (χ0v) is 13.5. The Kier molecular flexibility index (Phi) is 4.09. The van der Waals surface area contributed by atoms with Crippen LogP contribution >= 0.6 is 11.6 Å². The highest BCUT2D eigenvalue weighted by molar-refractivity contribution is 6.30. The number of hydrogen-bond acceptors (Lipinski definition) is 2. The second-order valence-corrected chi connectivity index (χ2v) is 6.37. The first kappa shape index (κ1) is 14.9. The average molecular weight is 293 g/mol. The van der Waals surface area contributed by atoms with Crippen molar-refractivity contribution in [1.82, 2.24) is 9.78 Å². The number of aromatic nitrogens is 2. The van der Waals surface area contributed by atoms with Crippen molar-refractivity contribution >= 4 is 11.6 Å². The molecule has 2 aromatic rings. The quantitative estimate of drug-likeness (QED) is 0.845. The lowest BCUT2D eigenvalue weighted by atomic mass is 9.86. The smallest absolute Gasteiger partial charge is 0.133 e. The number of halogens is 1. The Bertz CT molecular complexity index is 611. The van der Waals surface area contributed by atoms with Gasteiger partial charge in [-0.05, 0) is 24.0 Å². The molecule has 0 atom stereocenters. The summed E-state index contributed by atoms with van der Waals surface area (Å²) < 4.78 is 7.66. The molecule has 1 heterocycles. The van der Waals surface area contributed by atoms with Crippen LogP contribution in [0, 0.1) is 6.92 Å². The summed E-state index contributed by atoms with van der Waals surface area (Å²) in [5.74, 6) is 0.902. The van der Waals surface area contributed by atoms with E-state index in [0.29, 0.717) is 11.8 Å². The van der Waals surface area contributed by atoms with Crippen molar-refractivity contribution in [2.75, 3.05) is 0 Å². The molecule has 0 radical (unpaired) electrons. The van der Waals surface area contributed by atoms with E-state index < -0.39 is 0 Å². The molecule has 0 aliphatic rings. The van der Waals surface area contributed by atoms with E-state index in [1.165, 1.54) is 5.56 Å². The number of benzene rings is 1. The molecule has 20 heavy (non-hydrogen) atoms. The first-order valence-electron chi connectivity index (χ1n) is 6.71. The van der Waals surface area contributed by atoms with E-state index in [0.717, 1.165) is 17.0 Å². The lowest BCUT2D eigenvalue weighted by Crippen LogP contribution is -2.13. The minimum atomic E-state index is 0.0460. The third-order valence-corrected chi connectivity index (χ3v) is 3.81. The van der Waals surface area contributed by atoms with E-state index in [1.807, 2.05) is 32.2 Å². The molecule has 0 aliphatic heterocycles. The maximum atomic E-state index is 6.23. The SMILES string of the molecule is Cc1nn(C)c(Cl)c1COc1ccccc1C(C)(C)C. The van der Waals surface area contributed by atoms with E-state index in [4.69, 9.17) is 16.3 Å². The molecule has 0 N–H and O–H groups in total. The molecule has 0 saturated heterocycles. The Morgan fingerprint density at radius 1 is 1.25 bits per heavy atom. The molecule has 0 unspecified atom stereocenters. The second kappa shape index (κ2) is 5.49. The fourth-order valence-corrected chi connectivity index (χ4v) is 2.43. The molecule has 0 fully saturated rings. The van der Waals surface area contributed by atoms with Gasteiger partial charge in [0.15, 0.2) is 0 Å². The van der Waals surface area contributed by atoms with Crippen LogP contribution in [-0.2, 0) is 19.1 Å². The predicted molar refractivity (Wildman–Crippen MR) is 82.4 cm³/mol. The Morgan fingerprint density at radius 2 is 1.90 bits per heavy atom. The van der Waals surface area contributed by atoms with E-state index in [9.17, 15) is 0 Å². The van der Waals surface area contributed by atoms with Gasteiger partial charge < -0.3 is 4.74 Å². The van der Waals surface area contributed by atoms with Crippen molar-refractivity contribution < 1.29 is 4.74 Å². The van der Waals surface area contributed by atoms with E-state index in [1.54, 1.807) is 4.68 Å². The van der Waals surface area contributed by atoms with Gasteiger partial charge in [-0.2, -0.15) is 5.10 Å². The molecule has 4 heteroatoms. The van der Waals surface area contributed by atoms with Crippen molar-refractivity contribution in [3.05, 3.63) is 46.2 Å². The van der Waals surface area contributed by atoms with Crippen molar-refractivity contribution in [2.45, 2.75) is 39.7 Å². The minimum absolute atomic E-state index is 0.0460. The molecule has 0 bridgehead atoms. The number of hydrogen-bond donors (Lipinski definition) is 0. The summed E-state index contributed by atoms with van der Waals surface area (Å²) in [4.78, 5) is 0. The standard InChI is InChI=1S/C16H21ClN2O/c1-11-12(15(17)19(5)18-11)10-20-14-9-7-6-8-13(14)16(2,3)4/h6-9H,10H2,1-5H3. The molecule has 0 saturated carbocycles. The summed E-state index contributed by atoms with van der Waals surface area (Å²) in [6, 6.07) is 8.13. The average Bonchev–Trinajstić information content (AvgIpc) is 2.60. The van der Waals surface area contributed by atoms with Crippen LogP contribution in [-0.4, -0.2) is 9.78 Å². The lowest BCUT2D eigenvalue weighted by molar-refractivity contribution is 0.297. The number of nitrogens with zero attached hydrogens (tertiary/aromatic N) is 2. The number of aryl methyl sites for hydroxylation is 2. The summed E-state index contributed by atoms with van der Waals surface area (Å²) in [7, 11) is 1.84. The first-order chi connectivity index (χ1) is 9.30. The molecule has 0 spiro atoms. The Labute approximate surface area is 125 Å². The van der Waals surface area contributed by atoms with Crippen LogP contribution in [0.4, 0.5) is 0 Å². The zero-order chi connectivity index (χ0) is 14.9. The van der Waals surface area contributed by atoms with Gasteiger partial charge in [0.2, 0.25) is 0 Å². The van der Waals surface area contributed by atoms with Gasteiger partial charge in [-0.1, -0.05) is 50.6 Å². The highest BCUT2D eigenvalue weighted by atomic mass is 35.5. The van der Waals surface area contributed by atoms with Gasteiger partial charge in [0.05, 0.1) is 5.69 Å². The largest absolute Gasteiger partial charge is 0.488 e. The highest BCUT2D eigenvalue weighted by Gasteiger charge is 2.19. The maximum absolute atomic E-state index is 6.23. The highest BCUT2D eigenvalue weighted by Crippen LogP contribution is 2.32. The van der Waals surface area contributed by atoms with Gasteiger partial charge in [0.25, 0.3) is 0 Å². The van der Waals surface area contributed by atoms with Crippen LogP contribution in [0.3, 0.4) is 0 Å². The van der Waals surface area contributed by atoms with Gasteiger partial charge in [-0.25, -0.2) is 0 Å². The summed E-state index contributed by atoms with van der Waals surface area (Å²) in [5, 5.41) is 4.93. The van der Waals surface area contributed by atoms with E-state index in [-0.39, 0.29) is 5.41 Å². The summed E-state index contributed by atoms with van der Waals surface area (Å²) >= 11 is 6.23. The number of rotatable bonds is 3. The van der Waals surface area contributed by atoms with Gasteiger partial charge in [-0.15, -0.1) is 0 Å². The van der Waals surface area contributed by atoms with Crippen LogP contribution in [0.2, 0.25) is 5.15 Å². The fraction of sp³-hybridized carbons (Fsp3) is 0.438. The molecular weight excluding hydrogens is 272 g/mol. The Balaban J connectivity index is 2.24. The maximum Gasteiger partial charge on any atom is 0.133 e. The first-order valence-corrected chi connectivity index (χ1v) is 7.09. The molecule has 1 aromatic heterocycles. The van der Waals surface area contributed by atoms with Crippen LogP contribution in [0.5, 0.6) is 5.75 Å². The summed E-state index contributed by atoms with van der Waals surface area (Å²) in [5.41, 5.74) is 3.09. The topological polar surface area (TPSA) is 27.1 Å². The van der Waals surface area contributed by atoms with E-state index >= 15 is 0 Å². The number of ether oxygens (including phenoxy) is 1. The van der Waals surface area contributed by atoms with Crippen molar-refractivity contribution in [1.29, 1.82) is 0 Å².